The molecule has 0 spiro atoms. The number of piperidine rings is 1. The van der Waals surface area contributed by atoms with Gasteiger partial charge < -0.3 is 14.4 Å². The zero-order valence-electron chi connectivity index (χ0n) is 15.1. The lowest BCUT2D eigenvalue weighted by atomic mass is 9.76. The molecular formula is C21H25NO3. The van der Waals surface area contributed by atoms with Gasteiger partial charge in [-0.1, -0.05) is 24.3 Å². The standard InChI is InChI=1S/C21H25NO3/c1-22-13-12-20(23)19(14-22)21(15-4-8-17(24-2)9-5-15)16-6-10-18(25-3)11-7-16/h4-11,19,21H,12-14H2,1-3H3. The minimum atomic E-state index is -0.0412. The second-order valence-corrected chi connectivity index (χ2v) is 6.61. The van der Waals surface area contributed by atoms with Gasteiger partial charge in [-0.25, -0.2) is 0 Å². The Labute approximate surface area is 149 Å². The molecule has 1 saturated heterocycles. The van der Waals surface area contributed by atoms with E-state index in [4.69, 9.17) is 9.47 Å². The van der Waals surface area contributed by atoms with Gasteiger partial charge in [0.15, 0.2) is 0 Å². The Balaban J connectivity index is 2.01. The molecule has 4 nitrogen and oxygen atoms in total. The van der Waals surface area contributed by atoms with Crippen molar-refractivity contribution in [3.63, 3.8) is 0 Å². The summed E-state index contributed by atoms with van der Waals surface area (Å²) >= 11 is 0. The first-order valence-electron chi connectivity index (χ1n) is 8.61. The minimum absolute atomic E-state index is 0.0343. The summed E-state index contributed by atoms with van der Waals surface area (Å²) in [6.07, 6.45) is 0.615. The molecule has 0 aliphatic carbocycles. The van der Waals surface area contributed by atoms with Crippen molar-refractivity contribution >= 4 is 5.78 Å². The molecule has 1 heterocycles. The van der Waals surface area contributed by atoms with E-state index >= 15 is 0 Å². The molecule has 25 heavy (non-hydrogen) atoms. The summed E-state index contributed by atoms with van der Waals surface area (Å²) in [6.45, 7) is 1.62. The molecule has 2 aromatic rings. The van der Waals surface area contributed by atoms with Crippen molar-refractivity contribution in [2.45, 2.75) is 12.3 Å². The smallest absolute Gasteiger partial charge is 0.139 e. The number of Topliss-reactive ketones (excluding diaryl/α,β-unsaturated/α-hetero) is 1. The van der Waals surface area contributed by atoms with Crippen LogP contribution in [0.15, 0.2) is 48.5 Å². The third-order valence-corrected chi connectivity index (χ3v) is 5.01. The van der Waals surface area contributed by atoms with Crippen LogP contribution in [0, 0.1) is 5.92 Å². The molecule has 1 atom stereocenters. The first kappa shape index (κ1) is 17.5. The highest BCUT2D eigenvalue weighted by atomic mass is 16.5. The van der Waals surface area contributed by atoms with E-state index in [0.717, 1.165) is 35.7 Å². The summed E-state index contributed by atoms with van der Waals surface area (Å²) in [7, 11) is 5.41. The quantitative estimate of drug-likeness (QED) is 0.837. The van der Waals surface area contributed by atoms with Crippen LogP contribution >= 0.6 is 0 Å². The number of ketones is 1. The van der Waals surface area contributed by atoms with E-state index in [1.54, 1.807) is 14.2 Å². The van der Waals surface area contributed by atoms with Gasteiger partial charge in [0, 0.05) is 31.3 Å². The van der Waals surface area contributed by atoms with Gasteiger partial charge in [-0.05, 0) is 42.4 Å². The number of carbonyl (C=O) groups excluding carboxylic acids is 1. The predicted molar refractivity (Wildman–Crippen MR) is 98.4 cm³/mol. The van der Waals surface area contributed by atoms with Gasteiger partial charge in [-0.2, -0.15) is 0 Å². The Kier molecular flexibility index (Phi) is 5.39. The highest BCUT2D eigenvalue weighted by Gasteiger charge is 2.34. The van der Waals surface area contributed by atoms with Crippen LogP contribution in [0.2, 0.25) is 0 Å². The molecular weight excluding hydrogens is 314 g/mol. The van der Waals surface area contributed by atoms with Crippen LogP contribution < -0.4 is 9.47 Å². The summed E-state index contributed by atoms with van der Waals surface area (Å²) in [4.78, 5) is 14.9. The SMILES string of the molecule is COc1ccc(C(c2ccc(OC)cc2)C2CN(C)CCC2=O)cc1. The number of methoxy groups -OCH3 is 2. The maximum atomic E-state index is 12.7. The van der Waals surface area contributed by atoms with Crippen molar-refractivity contribution in [1.29, 1.82) is 0 Å². The summed E-state index contributed by atoms with van der Waals surface area (Å²) < 4.78 is 10.6. The second kappa shape index (κ2) is 7.70. The lowest BCUT2D eigenvalue weighted by molar-refractivity contribution is -0.126. The number of carbonyl (C=O) groups is 1. The number of likely N-dealkylation sites (tertiary alicyclic amines) is 1. The van der Waals surface area contributed by atoms with Gasteiger partial charge in [0.25, 0.3) is 0 Å². The van der Waals surface area contributed by atoms with Crippen LogP contribution in [-0.2, 0) is 4.79 Å². The molecule has 2 aromatic carbocycles. The van der Waals surface area contributed by atoms with Crippen LogP contribution in [0.4, 0.5) is 0 Å². The molecule has 0 saturated carbocycles. The van der Waals surface area contributed by atoms with Crippen molar-refractivity contribution in [3.05, 3.63) is 59.7 Å². The van der Waals surface area contributed by atoms with E-state index < -0.39 is 0 Å². The topological polar surface area (TPSA) is 38.8 Å². The molecule has 132 valence electrons. The van der Waals surface area contributed by atoms with Gasteiger partial charge in [0.05, 0.1) is 14.2 Å². The average molecular weight is 339 g/mol. The Morgan fingerprint density at radius 2 is 1.40 bits per heavy atom. The van der Waals surface area contributed by atoms with Crippen molar-refractivity contribution in [3.8, 4) is 11.5 Å². The van der Waals surface area contributed by atoms with E-state index in [9.17, 15) is 4.79 Å². The van der Waals surface area contributed by atoms with Crippen LogP contribution in [0.1, 0.15) is 23.5 Å². The molecule has 0 radical (unpaired) electrons. The normalized spacial score (nSPS) is 18.4. The molecule has 1 fully saturated rings. The zero-order chi connectivity index (χ0) is 17.8. The molecule has 0 N–H and O–H groups in total. The average Bonchev–Trinajstić information content (AvgIpc) is 2.66. The van der Waals surface area contributed by atoms with E-state index in [-0.39, 0.29) is 11.8 Å². The van der Waals surface area contributed by atoms with E-state index in [0.29, 0.717) is 12.2 Å². The number of ether oxygens (including phenoxy) is 2. The van der Waals surface area contributed by atoms with E-state index in [1.807, 2.05) is 24.3 Å². The summed E-state index contributed by atoms with van der Waals surface area (Å²) in [5.41, 5.74) is 2.28. The van der Waals surface area contributed by atoms with Crippen molar-refractivity contribution < 1.29 is 14.3 Å². The second-order valence-electron chi connectivity index (χ2n) is 6.61. The van der Waals surface area contributed by atoms with Gasteiger partial charge in [0.1, 0.15) is 17.3 Å². The predicted octanol–water partition coefficient (Wildman–Crippen LogP) is 3.36. The van der Waals surface area contributed by atoms with Crippen molar-refractivity contribution in [2.24, 2.45) is 5.92 Å². The molecule has 0 bridgehead atoms. The number of rotatable bonds is 5. The molecule has 4 heteroatoms. The van der Waals surface area contributed by atoms with Gasteiger partial charge in [-0.3, -0.25) is 4.79 Å². The Morgan fingerprint density at radius 3 is 1.84 bits per heavy atom. The molecule has 1 aliphatic heterocycles. The fourth-order valence-corrected chi connectivity index (χ4v) is 3.59. The summed E-state index contributed by atoms with van der Waals surface area (Å²) in [6, 6.07) is 16.1. The minimum Gasteiger partial charge on any atom is -0.497 e. The fourth-order valence-electron chi connectivity index (χ4n) is 3.59. The Bertz CT molecular complexity index is 661. The van der Waals surface area contributed by atoms with Gasteiger partial charge in [0.2, 0.25) is 0 Å². The first-order chi connectivity index (χ1) is 12.1. The van der Waals surface area contributed by atoms with Crippen molar-refractivity contribution in [2.75, 3.05) is 34.4 Å². The number of hydrogen-bond acceptors (Lipinski definition) is 4. The van der Waals surface area contributed by atoms with Gasteiger partial charge in [-0.15, -0.1) is 0 Å². The summed E-state index contributed by atoms with van der Waals surface area (Å²) in [5, 5.41) is 0. The Morgan fingerprint density at radius 1 is 0.920 bits per heavy atom. The Hall–Kier alpha value is -2.33. The van der Waals surface area contributed by atoms with E-state index in [2.05, 4.69) is 36.2 Å². The third kappa shape index (κ3) is 3.85. The lowest BCUT2D eigenvalue weighted by Crippen LogP contribution is -2.41. The highest BCUT2D eigenvalue weighted by Crippen LogP contribution is 2.36. The molecule has 1 aliphatic rings. The maximum Gasteiger partial charge on any atom is 0.139 e. The van der Waals surface area contributed by atoms with Crippen LogP contribution in [0.3, 0.4) is 0 Å². The number of hydrogen-bond donors (Lipinski definition) is 0. The fraction of sp³-hybridized carbons (Fsp3) is 0.381. The van der Waals surface area contributed by atoms with Crippen LogP contribution in [-0.4, -0.2) is 45.0 Å². The molecule has 0 amide bonds. The molecule has 0 aromatic heterocycles. The largest absolute Gasteiger partial charge is 0.497 e. The first-order valence-corrected chi connectivity index (χ1v) is 8.61. The maximum absolute atomic E-state index is 12.7. The zero-order valence-corrected chi connectivity index (χ0v) is 15.1. The van der Waals surface area contributed by atoms with Crippen LogP contribution in [0.25, 0.3) is 0 Å². The lowest BCUT2D eigenvalue weighted by Gasteiger charge is -2.34. The highest BCUT2D eigenvalue weighted by molar-refractivity contribution is 5.83. The van der Waals surface area contributed by atoms with Crippen molar-refractivity contribution in [1.82, 2.24) is 4.90 Å². The summed E-state index contributed by atoms with van der Waals surface area (Å²) in [5.74, 6) is 1.98. The molecule has 1 unspecified atom stereocenters. The number of nitrogens with zero attached hydrogens (tertiary/aromatic N) is 1. The van der Waals surface area contributed by atoms with E-state index in [1.165, 1.54) is 0 Å². The molecule has 3 rings (SSSR count). The third-order valence-electron chi connectivity index (χ3n) is 5.01. The number of benzene rings is 2. The monoisotopic (exact) mass is 339 g/mol. The van der Waals surface area contributed by atoms with Crippen LogP contribution in [0.5, 0.6) is 11.5 Å². The van der Waals surface area contributed by atoms with Gasteiger partial charge >= 0.3 is 0 Å².